The van der Waals surface area contributed by atoms with Crippen LogP contribution >= 0.6 is 0 Å². The van der Waals surface area contributed by atoms with Gasteiger partial charge in [-0.05, 0) is 47.9 Å². The lowest BCUT2D eigenvalue weighted by Gasteiger charge is -2.16. The molecule has 126 valence electrons. The van der Waals surface area contributed by atoms with Crippen molar-refractivity contribution in [3.05, 3.63) is 83.9 Å². The number of amides is 1. The van der Waals surface area contributed by atoms with E-state index in [9.17, 15) is 4.79 Å². The first-order valence-corrected chi connectivity index (χ1v) is 8.04. The number of carbonyl (C=O) groups is 1. The minimum Gasteiger partial charge on any atom is -0.377 e. The summed E-state index contributed by atoms with van der Waals surface area (Å²) in [6.45, 7) is 0. The fraction of sp³-hybridized carbons (Fsp3) is 0.150. The van der Waals surface area contributed by atoms with E-state index in [0.29, 0.717) is 5.56 Å². The highest BCUT2D eigenvalue weighted by atomic mass is 16.1. The first kappa shape index (κ1) is 16.6. The van der Waals surface area contributed by atoms with E-state index in [4.69, 9.17) is 0 Å². The molecule has 5 nitrogen and oxygen atoms in total. The van der Waals surface area contributed by atoms with Gasteiger partial charge in [0, 0.05) is 44.6 Å². The maximum atomic E-state index is 12.5. The molecule has 1 aromatic carbocycles. The number of hydrogen-bond acceptors (Lipinski definition) is 4. The van der Waals surface area contributed by atoms with Crippen LogP contribution in [-0.4, -0.2) is 30.0 Å². The molecular weight excluding hydrogens is 312 g/mol. The standard InChI is InChI=1S/C20H20N4O/c1-24(2)19-9-12-22-14-18(19)20(25)23-17-5-3-15(4-6-17)13-16-7-10-21-11-8-16/h3-12,14H,13H2,1-2H3,(H,23,25). The summed E-state index contributed by atoms with van der Waals surface area (Å²) in [4.78, 5) is 22.5. The number of nitrogens with zero attached hydrogens (tertiary/aromatic N) is 3. The lowest BCUT2D eigenvalue weighted by Crippen LogP contribution is -2.18. The van der Waals surface area contributed by atoms with Crippen molar-refractivity contribution < 1.29 is 4.79 Å². The van der Waals surface area contributed by atoms with Crippen molar-refractivity contribution in [3.63, 3.8) is 0 Å². The van der Waals surface area contributed by atoms with Crippen molar-refractivity contribution in [1.29, 1.82) is 0 Å². The third-order valence-corrected chi connectivity index (χ3v) is 3.89. The van der Waals surface area contributed by atoms with Crippen LogP contribution in [0.4, 0.5) is 11.4 Å². The molecule has 0 saturated heterocycles. The first-order valence-electron chi connectivity index (χ1n) is 8.04. The van der Waals surface area contributed by atoms with Crippen LogP contribution in [0.3, 0.4) is 0 Å². The molecule has 1 amide bonds. The van der Waals surface area contributed by atoms with Gasteiger partial charge in [-0.1, -0.05) is 12.1 Å². The van der Waals surface area contributed by atoms with E-state index >= 15 is 0 Å². The summed E-state index contributed by atoms with van der Waals surface area (Å²) in [5.74, 6) is -0.168. The average molecular weight is 332 g/mol. The molecule has 0 aliphatic carbocycles. The van der Waals surface area contributed by atoms with E-state index in [2.05, 4.69) is 15.3 Å². The zero-order valence-electron chi connectivity index (χ0n) is 14.3. The molecule has 0 atom stereocenters. The van der Waals surface area contributed by atoms with Crippen LogP contribution in [0.2, 0.25) is 0 Å². The van der Waals surface area contributed by atoms with Crippen molar-refractivity contribution in [2.45, 2.75) is 6.42 Å². The van der Waals surface area contributed by atoms with Gasteiger partial charge in [0.2, 0.25) is 0 Å². The van der Waals surface area contributed by atoms with Crippen LogP contribution in [0.1, 0.15) is 21.5 Å². The number of anilines is 2. The summed E-state index contributed by atoms with van der Waals surface area (Å²) in [5.41, 5.74) is 4.53. The van der Waals surface area contributed by atoms with Gasteiger partial charge in [-0.15, -0.1) is 0 Å². The molecule has 2 aromatic heterocycles. The summed E-state index contributed by atoms with van der Waals surface area (Å²) in [7, 11) is 3.81. The second-order valence-electron chi connectivity index (χ2n) is 5.97. The van der Waals surface area contributed by atoms with Gasteiger partial charge in [0.1, 0.15) is 0 Å². The van der Waals surface area contributed by atoms with Crippen LogP contribution in [-0.2, 0) is 6.42 Å². The second-order valence-corrected chi connectivity index (χ2v) is 5.97. The largest absolute Gasteiger partial charge is 0.377 e. The van der Waals surface area contributed by atoms with E-state index in [1.165, 1.54) is 11.1 Å². The lowest BCUT2D eigenvalue weighted by atomic mass is 10.1. The average Bonchev–Trinajstić information content (AvgIpc) is 2.64. The van der Waals surface area contributed by atoms with Gasteiger partial charge in [0.05, 0.1) is 11.3 Å². The Labute approximate surface area is 147 Å². The Kier molecular flexibility index (Phi) is 5.04. The van der Waals surface area contributed by atoms with E-state index in [0.717, 1.165) is 17.8 Å². The van der Waals surface area contributed by atoms with Gasteiger partial charge in [0.25, 0.3) is 5.91 Å². The van der Waals surface area contributed by atoms with Gasteiger partial charge >= 0.3 is 0 Å². The zero-order chi connectivity index (χ0) is 17.6. The third kappa shape index (κ3) is 4.20. The lowest BCUT2D eigenvalue weighted by molar-refractivity contribution is 0.102. The Bertz CT molecular complexity index is 845. The maximum absolute atomic E-state index is 12.5. The molecule has 1 N–H and O–H groups in total. The van der Waals surface area contributed by atoms with Crippen LogP contribution in [0.15, 0.2) is 67.3 Å². The summed E-state index contributed by atoms with van der Waals surface area (Å²) < 4.78 is 0. The Balaban J connectivity index is 1.70. The first-order chi connectivity index (χ1) is 12.1. The molecular formula is C20H20N4O. The highest BCUT2D eigenvalue weighted by Gasteiger charge is 2.13. The monoisotopic (exact) mass is 332 g/mol. The fourth-order valence-electron chi connectivity index (χ4n) is 2.59. The highest BCUT2D eigenvalue weighted by Crippen LogP contribution is 2.19. The maximum Gasteiger partial charge on any atom is 0.259 e. The number of aromatic nitrogens is 2. The SMILES string of the molecule is CN(C)c1ccncc1C(=O)Nc1ccc(Cc2ccncc2)cc1. The summed E-state index contributed by atoms with van der Waals surface area (Å²) >= 11 is 0. The Hall–Kier alpha value is -3.21. The Morgan fingerprint density at radius 3 is 2.24 bits per heavy atom. The normalized spacial score (nSPS) is 10.3. The van der Waals surface area contributed by atoms with Crippen LogP contribution in [0.5, 0.6) is 0 Å². The van der Waals surface area contributed by atoms with Gasteiger partial charge < -0.3 is 10.2 Å². The quantitative estimate of drug-likeness (QED) is 0.778. The predicted molar refractivity (Wildman–Crippen MR) is 100 cm³/mol. The van der Waals surface area contributed by atoms with Crippen LogP contribution < -0.4 is 10.2 Å². The topological polar surface area (TPSA) is 58.1 Å². The number of rotatable bonds is 5. The highest BCUT2D eigenvalue weighted by molar-refractivity contribution is 6.07. The smallest absolute Gasteiger partial charge is 0.259 e. The van der Waals surface area contributed by atoms with Gasteiger partial charge in [-0.3, -0.25) is 14.8 Å². The molecule has 0 aliphatic rings. The van der Waals surface area contributed by atoms with Crippen molar-refractivity contribution in [1.82, 2.24) is 9.97 Å². The minimum absolute atomic E-state index is 0.168. The van der Waals surface area contributed by atoms with Crippen molar-refractivity contribution in [2.24, 2.45) is 0 Å². The predicted octanol–water partition coefficient (Wildman–Crippen LogP) is 3.39. The number of nitrogens with one attached hydrogen (secondary N) is 1. The second kappa shape index (κ2) is 7.57. The van der Waals surface area contributed by atoms with Gasteiger partial charge in [-0.2, -0.15) is 0 Å². The Morgan fingerprint density at radius 1 is 0.920 bits per heavy atom. The fourth-order valence-corrected chi connectivity index (χ4v) is 2.59. The molecule has 3 rings (SSSR count). The van der Waals surface area contributed by atoms with E-state index in [1.807, 2.05) is 61.5 Å². The van der Waals surface area contributed by atoms with Crippen molar-refractivity contribution in [2.75, 3.05) is 24.3 Å². The number of pyridine rings is 2. The van der Waals surface area contributed by atoms with Gasteiger partial charge in [-0.25, -0.2) is 0 Å². The third-order valence-electron chi connectivity index (χ3n) is 3.89. The molecule has 0 saturated carbocycles. The molecule has 0 spiro atoms. The molecule has 2 heterocycles. The molecule has 0 radical (unpaired) electrons. The molecule has 0 aliphatic heterocycles. The molecule has 0 unspecified atom stereocenters. The molecule has 0 fully saturated rings. The Morgan fingerprint density at radius 2 is 1.56 bits per heavy atom. The molecule has 5 heteroatoms. The summed E-state index contributed by atoms with van der Waals surface area (Å²) in [5, 5.41) is 2.93. The van der Waals surface area contributed by atoms with Crippen molar-refractivity contribution >= 4 is 17.3 Å². The minimum atomic E-state index is -0.168. The summed E-state index contributed by atoms with van der Waals surface area (Å²) in [6.07, 6.45) is 7.69. The van der Waals surface area contributed by atoms with Crippen LogP contribution in [0, 0.1) is 0 Å². The van der Waals surface area contributed by atoms with Crippen LogP contribution in [0.25, 0.3) is 0 Å². The molecule has 3 aromatic rings. The van der Waals surface area contributed by atoms with Gasteiger partial charge in [0.15, 0.2) is 0 Å². The summed E-state index contributed by atoms with van der Waals surface area (Å²) in [6, 6.07) is 13.7. The molecule has 0 bridgehead atoms. The van der Waals surface area contributed by atoms with Crippen molar-refractivity contribution in [3.8, 4) is 0 Å². The number of carbonyl (C=O) groups excluding carboxylic acids is 1. The van der Waals surface area contributed by atoms with E-state index < -0.39 is 0 Å². The molecule has 25 heavy (non-hydrogen) atoms. The van der Waals surface area contributed by atoms with E-state index in [1.54, 1.807) is 24.8 Å². The zero-order valence-corrected chi connectivity index (χ0v) is 14.3. The van der Waals surface area contributed by atoms with E-state index in [-0.39, 0.29) is 5.91 Å². The number of benzene rings is 1. The number of hydrogen-bond donors (Lipinski definition) is 1.